The zero-order chi connectivity index (χ0) is 24.2. The van der Waals surface area contributed by atoms with Gasteiger partial charge in [-0.25, -0.2) is 14.8 Å². The van der Waals surface area contributed by atoms with E-state index in [0.717, 1.165) is 46.3 Å². The van der Waals surface area contributed by atoms with E-state index in [2.05, 4.69) is 31.4 Å². The molecule has 1 aliphatic rings. The SMILES string of the molecule is CCNC(=O)NCC1CC(n2cc(-c3ccccc3OCc3ccccc3)c3c(N)ncnc32)C1. The van der Waals surface area contributed by atoms with Crippen LogP contribution in [0.1, 0.15) is 31.4 Å². The van der Waals surface area contributed by atoms with Gasteiger partial charge in [0, 0.05) is 36.5 Å². The molecular weight excluding hydrogens is 440 g/mol. The number of carbonyl (C=O) groups excluding carboxylic acids is 1. The van der Waals surface area contributed by atoms with Gasteiger partial charge in [-0.3, -0.25) is 0 Å². The van der Waals surface area contributed by atoms with E-state index in [1.165, 1.54) is 6.33 Å². The highest BCUT2D eigenvalue weighted by Gasteiger charge is 2.33. The Balaban J connectivity index is 1.40. The molecule has 4 aromatic rings. The quantitative estimate of drug-likeness (QED) is 0.351. The molecule has 0 saturated heterocycles. The number of hydrogen-bond donors (Lipinski definition) is 3. The Morgan fingerprint density at radius 1 is 1.06 bits per heavy atom. The highest BCUT2D eigenvalue weighted by molar-refractivity contribution is 6.01. The second-order valence-electron chi connectivity index (χ2n) is 8.91. The van der Waals surface area contributed by atoms with Crippen LogP contribution in [0.4, 0.5) is 10.6 Å². The van der Waals surface area contributed by atoms with Crippen LogP contribution in [0.15, 0.2) is 67.1 Å². The third kappa shape index (κ3) is 4.77. The smallest absolute Gasteiger partial charge is 0.314 e. The van der Waals surface area contributed by atoms with Crippen LogP contribution in [0, 0.1) is 5.92 Å². The zero-order valence-corrected chi connectivity index (χ0v) is 19.8. The summed E-state index contributed by atoms with van der Waals surface area (Å²) < 4.78 is 8.44. The van der Waals surface area contributed by atoms with E-state index in [4.69, 9.17) is 10.5 Å². The van der Waals surface area contributed by atoms with E-state index < -0.39 is 0 Å². The second-order valence-corrected chi connectivity index (χ2v) is 8.91. The van der Waals surface area contributed by atoms with Gasteiger partial charge in [-0.15, -0.1) is 0 Å². The molecule has 0 bridgehead atoms. The summed E-state index contributed by atoms with van der Waals surface area (Å²) in [5.41, 5.74) is 10.2. The van der Waals surface area contributed by atoms with Crippen molar-refractivity contribution in [1.29, 1.82) is 0 Å². The monoisotopic (exact) mass is 470 g/mol. The van der Waals surface area contributed by atoms with Crippen molar-refractivity contribution in [3.63, 3.8) is 0 Å². The third-order valence-corrected chi connectivity index (χ3v) is 6.55. The van der Waals surface area contributed by atoms with Crippen LogP contribution in [0.25, 0.3) is 22.2 Å². The Bertz CT molecular complexity index is 1310. The number of amides is 2. The molecule has 1 fully saturated rings. The number of nitrogens with zero attached hydrogens (tertiary/aromatic N) is 3. The number of ether oxygens (including phenoxy) is 1. The van der Waals surface area contributed by atoms with Gasteiger partial charge in [0.25, 0.3) is 0 Å². The van der Waals surface area contributed by atoms with Gasteiger partial charge in [-0.1, -0.05) is 48.5 Å². The molecule has 8 nitrogen and oxygen atoms in total. The number of nitrogen functional groups attached to an aromatic ring is 1. The molecule has 35 heavy (non-hydrogen) atoms. The maximum absolute atomic E-state index is 11.7. The van der Waals surface area contributed by atoms with Crippen LogP contribution in [0.5, 0.6) is 5.75 Å². The Labute approximate surface area is 204 Å². The molecular formula is C27H30N6O2. The molecule has 0 radical (unpaired) electrons. The van der Waals surface area contributed by atoms with E-state index >= 15 is 0 Å². The Morgan fingerprint density at radius 3 is 2.63 bits per heavy atom. The molecule has 0 aliphatic heterocycles. The highest BCUT2D eigenvalue weighted by atomic mass is 16.5. The van der Waals surface area contributed by atoms with E-state index in [1.807, 2.05) is 61.5 Å². The van der Waals surface area contributed by atoms with Gasteiger partial charge < -0.3 is 25.7 Å². The molecule has 0 spiro atoms. The summed E-state index contributed by atoms with van der Waals surface area (Å²) in [6.45, 7) is 3.67. The van der Waals surface area contributed by atoms with Crippen LogP contribution >= 0.6 is 0 Å². The first kappa shape index (κ1) is 22.7. The number of carbonyl (C=O) groups is 1. The average molecular weight is 471 g/mol. The lowest BCUT2D eigenvalue weighted by Gasteiger charge is -2.36. The van der Waals surface area contributed by atoms with Gasteiger partial charge in [0.2, 0.25) is 0 Å². The van der Waals surface area contributed by atoms with Crippen molar-refractivity contribution in [2.45, 2.75) is 32.4 Å². The minimum absolute atomic E-state index is 0.114. The van der Waals surface area contributed by atoms with Crippen LogP contribution in [-0.4, -0.2) is 33.7 Å². The fraction of sp³-hybridized carbons (Fsp3) is 0.296. The topological polar surface area (TPSA) is 107 Å². The number of rotatable bonds is 8. The normalized spacial score (nSPS) is 17.1. The van der Waals surface area contributed by atoms with Gasteiger partial charge in [-0.2, -0.15) is 0 Å². The van der Waals surface area contributed by atoms with Crippen molar-refractivity contribution >= 4 is 22.9 Å². The van der Waals surface area contributed by atoms with Crippen molar-refractivity contribution < 1.29 is 9.53 Å². The van der Waals surface area contributed by atoms with E-state index in [-0.39, 0.29) is 6.03 Å². The number of urea groups is 1. The summed E-state index contributed by atoms with van der Waals surface area (Å²) in [6, 6.07) is 18.3. The van der Waals surface area contributed by atoms with Gasteiger partial charge in [0.1, 0.15) is 30.1 Å². The number of aromatic nitrogens is 3. The molecule has 2 amide bonds. The predicted molar refractivity (Wildman–Crippen MR) is 137 cm³/mol. The van der Waals surface area contributed by atoms with Crippen molar-refractivity contribution in [1.82, 2.24) is 25.2 Å². The molecule has 4 N–H and O–H groups in total. The average Bonchev–Trinajstić information content (AvgIpc) is 3.23. The fourth-order valence-electron chi connectivity index (χ4n) is 4.70. The first-order valence-electron chi connectivity index (χ1n) is 12.0. The van der Waals surface area contributed by atoms with Crippen LogP contribution in [0.2, 0.25) is 0 Å². The number of fused-ring (bicyclic) bond motifs is 1. The van der Waals surface area contributed by atoms with E-state index in [0.29, 0.717) is 37.5 Å². The van der Waals surface area contributed by atoms with Gasteiger partial charge >= 0.3 is 6.03 Å². The number of anilines is 1. The maximum atomic E-state index is 11.7. The molecule has 2 heterocycles. The van der Waals surface area contributed by atoms with Crippen LogP contribution in [-0.2, 0) is 6.61 Å². The first-order valence-corrected chi connectivity index (χ1v) is 12.0. The minimum Gasteiger partial charge on any atom is -0.488 e. The molecule has 2 aromatic carbocycles. The first-order chi connectivity index (χ1) is 17.1. The second kappa shape index (κ2) is 10.0. The number of nitrogens with one attached hydrogen (secondary N) is 2. The van der Waals surface area contributed by atoms with Gasteiger partial charge in [0.05, 0.1) is 5.39 Å². The molecule has 180 valence electrons. The number of hydrogen-bond acceptors (Lipinski definition) is 5. The van der Waals surface area contributed by atoms with E-state index in [1.54, 1.807) is 0 Å². The number of nitrogens with two attached hydrogens (primary N) is 1. The summed E-state index contributed by atoms with van der Waals surface area (Å²) in [6.07, 6.45) is 5.57. The molecule has 2 aromatic heterocycles. The Hall–Kier alpha value is -4.07. The lowest BCUT2D eigenvalue weighted by molar-refractivity contribution is 0.193. The molecule has 1 saturated carbocycles. The predicted octanol–water partition coefficient (Wildman–Crippen LogP) is 4.53. The van der Waals surface area contributed by atoms with Gasteiger partial charge in [-0.05, 0) is 37.3 Å². The molecule has 8 heteroatoms. The Kier molecular flexibility index (Phi) is 6.52. The summed E-state index contributed by atoms with van der Waals surface area (Å²) >= 11 is 0. The summed E-state index contributed by atoms with van der Waals surface area (Å²) in [5, 5.41) is 6.56. The van der Waals surface area contributed by atoms with Crippen molar-refractivity contribution in [3.8, 4) is 16.9 Å². The van der Waals surface area contributed by atoms with Crippen molar-refractivity contribution in [2.24, 2.45) is 5.92 Å². The third-order valence-electron chi connectivity index (χ3n) is 6.55. The summed E-state index contributed by atoms with van der Waals surface area (Å²) in [4.78, 5) is 20.6. The largest absolute Gasteiger partial charge is 0.488 e. The maximum Gasteiger partial charge on any atom is 0.314 e. The number of benzene rings is 2. The van der Waals surface area contributed by atoms with Crippen molar-refractivity contribution in [3.05, 3.63) is 72.7 Å². The molecule has 0 unspecified atom stereocenters. The fourth-order valence-corrected chi connectivity index (χ4v) is 4.70. The Morgan fingerprint density at radius 2 is 1.83 bits per heavy atom. The van der Waals surface area contributed by atoms with Crippen LogP contribution < -0.4 is 21.1 Å². The summed E-state index contributed by atoms with van der Waals surface area (Å²) in [7, 11) is 0. The molecule has 0 atom stereocenters. The zero-order valence-electron chi connectivity index (χ0n) is 19.8. The lowest BCUT2D eigenvalue weighted by Crippen LogP contribution is -2.41. The summed E-state index contributed by atoms with van der Waals surface area (Å²) in [5.74, 6) is 1.68. The number of para-hydroxylation sites is 1. The molecule has 5 rings (SSSR count). The van der Waals surface area contributed by atoms with Crippen LogP contribution in [0.3, 0.4) is 0 Å². The van der Waals surface area contributed by atoms with Crippen molar-refractivity contribution in [2.75, 3.05) is 18.8 Å². The minimum atomic E-state index is -0.114. The van der Waals surface area contributed by atoms with E-state index in [9.17, 15) is 4.79 Å². The lowest BCUT2D eigenvalue weighted by atomic mass is 9.80. The standard InChI is InChI=1S/C27H30N6O2/c1-2-29-27(34)30-14-19-12-20(13-19)33-15-22(24-25(28)31-17-32-26(24)33)21-10-6-7-11-23(21)35-16-18-8-4-3-5-9-18/h3-11,15,17,19-20H,2,12-14,16H2,1H3,(H2,28,31,32)(H2,29,30,34). The highest BCUT2D eigenvalue weighted by Crippen LogP contribution is 2.44. The van der Waals surface area contributed by atoms with Gasteiger partial charge in [0.15, 0.2) is 0 Å². The molecule has 1 aliphatic carbocycles.